The highest BCUT2D eigenvalue weighted by molar-refractivity contribution is 5.93. The molecule has 1 heterocycles. The molecule has 0 unspecified atom stereocenters. The van der Waals surface area contributed by atoms with Crippen LogP contribution in [0.25, 0.3) is 0 Å². The SMILES string of the molecule is CC(C)(C)C(=O)Nc1ccco1. The van der Waals surface area contributed by atoms with Crippen LogP contribution >= 0.6 is 0 Å². The summed E-state index contributed by atoms with van der Waals surface area (Å²) in [7, 11) is 0. The molecular weight excluding hydrogens is 154 g/mol. The van der Waals surface area contributed by atoms with E-state index in [0.717, 1.165) is 0 Å². The molecule has 1 rings (SSSR count). The zero-order chi connectivity index (χ0) is 9.19. The van der Waals surface area contributed by atoms with Gasteiger partial charge in [0.25, 0.3) is 0 Å². The smallest absolute Gasteiger partial charge is 0.232 e. The summed E-state index contributed by atoms with van der Waals surface area (Å²) in [6.45, 7) is 5.56. The van der Waals surface area contributed by atoms with Crippen molar-refractivity contribution in [1.29, 1.82) is 0 Å². The van der Waals surface area contributed by atoms with Crippen molar-refractivity contribution < 1.29 is 9.21 Å². The first-order valence-electron chi connectivity index (χ1n) is 3.85. The predicted molar refractivity (Wildman–Crippen MR) is 46.8 cm³/mol. The Labute approximate surface area is 71.8 Å². The molecule has 0 aliphatic carbocycles. The van der Waals surface area contributed by atoms with E-state index in [1.54, 1.807) is 12.1 Å². The highest BCUT2D eigenvalue weighted by atomic mass is 16.3. The summed E-state index contributed by atoms with van der Waals surface area (Å²) in [5.41, 5.74) is -0.382. The molecular formula is C9H13NO2. The Hall–Kier alpha value is -1.25. The Bertz CT molecular complexity index is 257. The number of amides is 1. The number of anilines is 1. The Kier molecular flexibility index (Phi) is 2.22. The minimum Gasteiger partial charge on any atom is -0.449 e. The van der Waals surface area contributed by atoms with Crippen LogP contribution in [0, 0.1) is 5.41 Å². The second kappa shape index (κ2) is 3.01. The second-order valence-corrected chi connectivity index (χ2v) is 3.68. The summed E-state index contributed by atoms with van der Waals surface area (Å²) in [5, 5.41) is 2.66. The molecule has 3 heteroatoms. The van der Waals surface area contributed by atoms with Crippen LogP contribution in [-0.2, 0) is 4.79 Å². The predicted octanol–water partition coefficient (Wildman–Crippen LogP) is 2.26. The quantitative estimate of drug-likeness (QED) is 0.697. The van der Waals surface area contributed by atoms with Gasteiger partial charge in [-0.2, -0.15) is 0 Å². The number of nitrogens with one attached hydrogen (secondary N) is 1. The topological polar surface area (TPSA) is 42.2 Å². The third kappa shape index (κ3) is 2.12. The molecule has 0 saturated heterocycles. The van der Waals surface area contributed by atoms with E-state index in [9.17, 15) is 4.79 Å². The minimum atomic E-state index is -0.382. The van der Waals surface area contributed by atoms with Crippen molar-refractivity contribution in [3.63, 3.8) is 0 Å². The van der Waals surface area contributed by atoms with E-state index in [1.807, 2.05) is 20.8 Å². The molecule has 0 aliphatic heterocycles. The Morgan fingerprint density at radius 2 is 2.17 bits per heavy atom. The van der Waals surface area contributed by atoms with Gasteiger partial charge in [0.1, 0.15) is 0 Å². The third-order valence-corrected chi connectivity index (χ3v) is 1.44. The van der Waals surface area contributed by atoms with Gasteiger partial charge in [-0.3, -0.25) is 10.1 Å². The maximum Gasteiger partial charge on any atom is 0.232 e. The molecule has 3 nitrogen and oxygen atoms in total. The highest BCUT2D eigenvalue weighted by Crippen LogP contribution is 2.17. The van der Waals surface area contributed by atoms with Crippen molar-refractivity contribution in [2.24, 2.45) is 5.41 Å². The van der Waals surface area contributed by atoms with Crippen LogP contribution < -0.4 is 5.32 Å². The van der Waals surface area contributed by atoms with Gasteiger partial charge in [-0.05, 0) is 6.07 Å². The Morgan fingerprint density at radius 3 is 2.58 bits per heavy atom. The van der Waals surface area contributed by atoms with Gasteiger partial charge in [0.15, 0.2) is 5.88 Å². The van der Waals surface area contributed by atoms with Crippen molar-refractivity contribution in [1.82, 2.24) is 0 Å². The number of hydrogen-bond acceptors (Lipinski definition) is 2. The van der Waals surface area contributed by atoms with Crippen LogP contribution in [0.3, 0.4) is 0 Å². The van der Waals surface area contributed by atoms with Crippen LogP contribution in [0.5, 0.6) is 0 Å². The first-order chi connectivity index (χ1) is 5.50. The van der Waals surface area contributed by atoms with Gasteiger partial charge in [-0.15, -0.1) is 0 Å². The van der Waals surface area contributed by atoms with Crippen LogP contribution in [0.4, 0.5) is 5.88 Å². The maximum atomic E-state index is 11.4. The fraction of sp³-hybridized carbons (Fsp3) is 0.444. The summed E-state index contributed by atoms with van der Waals surface area (Å²) < 4.78 is 4.97. The second-order valence-electron chi connectivity index (χ2n) is 3.68. The van der Waals surface area contributed by atoms with Crippen LogP contribution in [0.1, 0.15) is 20.8 Å². The van der Waals surface area contributed by atoms with Crippen LogP contribution in [-0.4, -0.2) is 5.91 Å². The summed E-state index contributed by atoms with van der Waals surface area (Å²) in [6.07, 6.45) is 1.53. The number of carbonyl (C=O) groups is 1. The molecule has 1 aromatic heterocycles. The van der Waals surface area contributed by atoms with Gasteiger partial charge >= 0.3 is 0 Å². The molecule has 1 N–H and O–H groups in total. The molecule has 0 aliphatic rings. The zero-order valence-electron chi connectivity index (χ0n) is 7.55. The lowest BCUT2D eigenvalue weighted by atomic mass is 9.96. The summed E-state index contributed by atoms with van der Waals surface area (Å²) in [5.74, 6) is 0.451. The van der Waals surface area contributed by atoms with Crippen molar-refractivity contribution in [3.8, 4) is 0 Å². The summed E-state index contributed by atoms with van der Waals surface area (Å²) in [6, 6.07) is 3.45. The van der Waals surface area contributed by atoms with Crippen LogP contribution in [0.2, 0.25) is 0 Å². The molecule has 0 bridgehead atoms. The molecule has 0 aromatic carbocycles. The Morgan fingerprint density at radius 1 is 1.50 bits per heavy atom. The fourth-order valence-corrected chi connectivity index (χ4v) is 0.649. The van der Waals surface area contributed by atoms with E-state index in [2.05, 4.69) is 5.32 Å². The number of furan rings is 1. The van der Waals surface area contributed by atoms with Gasteiger partial charge in [0, 0.05) is 11.5 Å². The molecule has 0 radical (unpaired) electrons. The lowest BCUT2D eigenvalue weighted by molar-refractivity contribution is -0.123. The van der Waals surface area contributed by atoms with Crippen molar-refractivity contribution in [2.75, 3.05) is 5.32 Å². The first kappa shape index (κ1) is 8.84. The van der Waals surface area contributed by atoms with Gasteiger partial charge in [0.2, 0.25) is 5.91 Å². The first-order valence-corrected chi connectivity index (χ1v) is 3.85. The van der Waals surface area contributed by atoms with Crippen molar-refractivity contribution in [2.45, 2.75) is 20.8 Å². The highest BCUT2D eigenvalue weighted by Gasteiger charge is 2.21. The monoisotopic (exact) mass is 167 g/mol. The largest absolute Gasteiger partial charge is 0.449 e. The molecule has 0 saturated carbocycles. The van der Waals surface area contributed by atoms with E-state index >= 15 is 0 Å². The normalized spacial score (nSPS) is 11.2. The van der Waals surface area contributed by atoms with Gasteiger partial charge in [-0.25, -0.2) is 0 Å². The summed E-state index contributed by atoms with van der Waals surface area (Å²) >= 11 is 0. The molecule has 1 amide bonds. The van der Waals surface area contributed by atoms with Gasteiger partial charge in [0.05, 0.1) is 6.26 Å². The van der Waals surface area contributed by atoms with E-state index < -0.39 is 0 Å². The molecule has 12 heavy (non-hydrogen) atoms. The molecule has 1 aromatic rings. The fourth-order valence-electron chi connectivity index (χ4n) is 0.649. The molecule has 66 valence electrons. The van der Waals surface area contributed by atoms with Crippen molar-refractivity contribution >= 4 is 11.8 Å². The average Bonchev–Trinajstić information content (AvgIpc) is 2.37. The zero-order valence-corrected chi connectivity index (χ0v) is 7.55. The van der Waals surface area contributed by atoms with Crippen LogP contribution in [0.15, 0.2) is 22.8 Å². The number of carbonyl (C=O) groups excluding carboxylic acids is 1. The van der Waals surface area contributed by atoms with E-state index in [-0.39, 0.29) is 11.3 Å². The maximum absolute atomic E-state index is 11.4. The van der Waals surface area contributed by atoms with Gasteiger partial charge in [-0.1, -0.05) is 20.8 Å². The standard InChI is InChI=1S/C9H13NO2/c1-9(2,3)8(11)10-7-5-4-6-12-7/h4-6H,1-3H3,(H,10,11). The van der Waals surface area contributed by atoms with E-state index in [0.29, 0.717) is 5.88 Å². The number of rotatable bonds is 1. The lowest BCUT2D eigenvalue weighted by Crippen LogP contribution is -2.27. The van der Waals surface area contributed by atoms with Gasteiger partial charge < -0.3 is 4.42 Å². The van der Waals surface area contributed by atoms with Crippen molar-refractivity contribution in [3.05, 3.63) is 18.4 Å². The minimum absolute atomic E-state index is 0.0440. The molecule has 0 atom stereocenters. The van der Waals surface area contributed by atoms with E-state index in [4.69, 9.17) is 4.42 Å². The lowest BCUT2D eigenvalue weighted by Gasteiger charge is -2.15. The number of hydrogen-bond donors (Lipinski definition) is 1. The summed E-state index contributed by atoms with van der Waals surface area (Å²) in [4.78, 5) is 11.4. The van der Waals surface area contributed by atoms with E-state index in [1.165, 1.54) is 6.26 Å². The molecule has 0 spiro atoms. The average molecular weight is 167 g/mol. The molecule has 0 fully saturated rings. The third-order valence-electron chi connectivity index (χ3n) is 1.44. The Balaban J connectivity index is 2.60.